The third kappa shape index (κ3) is 4.51. The molecule has 128 valence electrons. The highest BCUT2D eigenvalue weighted by Gasteiger charge is 2.17. The first-order chi connectivity index (χ1) is 12.3. The Morgan fingerprint density at radius 1 is 1.04 bits per heavy atom. The molecule has 2 aromatic carbocycles. The Labute approximate surface area is 151 Å². The molecule has 25 heavy (non-hydrogen) atoms. The molecule has 0 radical (unpaired) electrons. The average Bonchev–Trinajstić information content (AvgIpc) is 3.08. The summed E-state index contributed by atoms with van der Waals surface area (Å²) in [5.74, 6) is 1.11. The van der Waals surface area contributed by atoms with E-state index in [0.29, 0.717) is 24.0 Å². The maximum Gasteiger partial charge on any atom is 0.306 e. The van der Waals surface area contributed by atoms with Crippen LogP contribution in [-0.4, -0.2) is 23.3 Å². The maximum atomic E-state index is 11.5. The van der Waals surface area contributed by atoms with Crippen molar-refractivity contribution in [1.29, 1.82) is 0 Å². The van der Waals surface area contributed by atoms with Crippen LogP contribution < -0.4 is 0 Å². The molecular formula is C20H19NO3S. The fourth-order valence-electron chi connectivity index (χ4n) is 2.39. The van der Waals surface area contributed by atoms with Crippen LogP contribution in [0, 0.1) is 0 Å². The minimum Gasteiger partial charge on any atom is -0.466 e. The molecule has 0 N–H and O–H groups in total. The quantitative estimate of drug-likeness (QED) is 0.439. The Balaban J connectivity index is 1.84. The number of benzene rings is 2. The molecule has 1 heterocycles. The summed E-state index contributed by atoms with van der Waals surface area (Å²) in [5, 5.41) is 0.557. The molecule has 0 aliphatic carbocycles. The SMILES string of the molecule is CCOC(=O)CCSc1nc(-c2ccccc2)c(-c2ccccc2)o1. The number of carbonyl (C=O) groups excluding carboxylic acids is 1. The van der Waals surface area contributed by atoms with Crippen LogP contribution in [-0.2, 0) is 9.53 Å². The van der Waals surface area contributed by atoms with Crippen molar-refractivity contribution >= 4 is 17.7 Å². The van der Waals surface area contributed by atoms with Gasteiger partial charge in [0, 0.05) is 16.9 Å². The molecule has 0 fully saturated rings. The van der Waals surface area contributed by atoms with Gasteiger partial charge in [-0.1, -0.05) is 72.4 Å². The van der Waals surface area contributed by atoms with Gasteiger partial charge in [-0.25, -0.2) is 4.98 Å². The lowest BCUT2D eigenvalue weighted by Gasteiger charge is -2.00. The number of ether oxygens (including phenoxy) is 1. The van der Waals surface area contributed by atoms with Gasteiger partial charge in [0.05, 0.1) is 13.0 Å². The normalized spacial score (nSPS) is 10.6. The highest BCUT2D eigenvalue weighted by molar-refractivity contribution is 7.99. The average molecular weight is 353 g/mol. The number of nitrogens with zero attached hydrogens (tertiary/aromatic N) is 1. The van der Waals surface area contributed by atoms with E-state index in [1.165, 1.54) is 11.8 Å². The molecule has 5 heteroatoms. The Kier molecular flexibility index (Phi) is 5.90. The Morgan fingerprint density at radius 2 is 1.68 bits per heavy atom. The lowest BCUT2D eigenvalue weighted by atomic mass is 10.1. The largest absolute Gasteiger partial charge is 0.466 e. The standard InChI is InChI=1S/C20H19NO3S/c1-2-23-17(22)13-14-25-20-21-18(15-9-5-3-6-10-15)19(24-20)16-11-7-4-8-12-16/h3-12H,2,13-14H2,1H3. The van der Waals surface area contributed by atoms with Crippen LogP contribution in [0.3, 0.4) is 0 Å². The summed E-state index contributed by atoms with van der Waals surface area (Å²) in [6, 6.07) is 19.9. The molecule has 0 bridgehead atoms. The number of carbonyl (C=O) groups is 1. The van der Waals surface area contributed by atoms with Crippen molar-refractivity contribution < 1.29 is 13.9 Å². The van der Waals surface area contributed by atoms with Crippen molar-refractivity contribution in [3.05, 3.63) is 60.7 Å². The predicted molar refractivity (Wildman–Crippen MR) is 99.3 cm³/mol. The topological polar surface area (TPSA) is 52.3 Å². The lowest BCUT2D eigenvalue weighted by molar-refractivity contribution is -0.142. The van der Waals surface area contributed by atoms with Crippen molar-refractivity contribution in [1.82, 2.24) is 4.98 Å². The number of oxazole rings is 1. The van der Waals surface area contributed by atoms with Crippen molar-refractivity contribution in [2.24, 2.45) is 0 Å². The fourth-order valence-corrected chi connectivity index (χ4v) is 3.14. The smallest absolute Gasteiger partial charge is 0.306 e. The van der Waals surface area contributed by atoms with Crippen LogP contribution in [0.4, 0.5) is 0 Å². The summed E-state index contributed by atoms with van der Waals surface area (Å²) in [7, 11) is 0. The van der Waals surface area contributed by atoms with Gasteiger partial charge in [0.1, 0.15) is 5.69 Å². The van der Waals surface area contributed by atoms with Gasteiger partial charge < -0.3 is 9.15 Å². The van der Waals surface area contributed by atoms with Gasteiger partial charge in [-0.3, -0.25) is 4.79 Å². The van der Waals surface area contributed by atoms with Crippen LogP contribution in [0.1, 0.15) is 13.3 Å². The third-order valence-corrected chi connectivity index (χ3v) is 4.36. The van der Waals surface area contributed by atoms with Crippen LogP contribution in [0.2, 0.25) is 0 Å². The highest BCUT2D eigenvalue weighted by Crippen LogP contribution is 2.35. The number of aromatic nitrogens is 1. The van der Waals surface area contributed by atoms with Crippen molar-refractivity contribution in [3.8, 4) is 22.6 Å². The second-order valence-corrected chi connectivity index (χ2v) is 6.34. The van der Waals surface area contributed by atoms with Gasteiger partial charge in [-0.2, -0.15) is 0 Å². The third-order valence-electron chi connectivity index (χ3n) is 3.53. The van der Waals surface area contributed by atoms with Crippen molar-refractivity contribution in [3.63, 3.8) is 0 Å². The van der Waals surface area contributed by atoms with Gasteiger partial charge in [0.25, 0.3) is 5.22 Å². The van der Waals surface area contributed by atoms with E-state index in [1.807, 2.05) is 60.7 Å². The van der Waals surface area contributed by atoms with Gasteiger partial charge in [-0.05, 0) is 6.92 Å². The molecule has 0 aliphatic rings. The lowest BCUT2D eigenvalue weighted by Crippen LogP contribution is -2.04. The molecule has 0 saturated heterocycles. The van der Waals surface area contributed by atoms with Crippen molar-refractivity contribution in [2.45, 2.75) is 18.6 Å². The minimum absolute atomic E-state index is 0.201. The molecule has 0 aliphatic heterocycles. The minimum atomic E-state index is -0.201. The molecule has 0 spiro atoms. The van der Waals surface area contributed by atoms with Crippen LogP contribution in [0.15, 0.2) is 70.3 Å². The second kappa shape index (κ2) is 8.53. The summed E-state index contributed by atoms with van der Waals surface area (Å²) in [6.07, 6.45) is 0.336. The highest BCUT2D eigenvalue weighted by atomic mass is 32.2. The zero-order valence-corrected chi connectivity index (χ0v) is 14.8. The van der Waals surface area contributed by atoms with E-state index in [9.17, 15) is 4.79 Å². The Bertz CT molecular complexity index is 758. The molecule has 1 aromatic heterocycles. The van der Waals surface area contributed by atoms with Gasteiger partial charge in [-0.15, -0.1) is 0 Å². The van der Waals surface area contributed by atoms with E-state index in [4.69, 9.17) is 9.15 Å². The molecule has 0 unspecified atom stereocenters. The van der Waals surface area contributed by atoms with Crippen LogP contribution in [0.25, 0.3) is 22.6 Å². The Morgan fingerprint density at radius 3 is 2.32 bits per heavy atom. The van der Waals surface area contributed by atoms with E-state index < -0.39 is 0 Å². The number of hydrogen-bond acceptors (Lipinski definition) is 5. The number of rotatable bonds is 7. The number of hydrogen-bond donors (Lipinski definition) is 0. The van der Waals surface area contributed by atoms with E-state index >= 15 is 0 Å². The van der Waals surface area contributed by atoms with Gasteiger partial charge in [0.15, 0.2) is 5.76 Å². The summed E-state index contributed by atoms with van der Waals surface area (Å²) in [6.45, 7) is 2.20. The molecule has 4 nitrogen and oxygen atoms in total. The summed E-state index contributed by atoms with van der Waals surface area (Å²) >= 11 is 1.42. The Hall–Kier alpha value is -2.53. The molecule has 3 aromatic rings. The fraction of sp³-hybridized carbons (Fsp3) is 0.200. The number of esters is 1. The second-order valence-electron chi connectivity index (χ2n) is 5.29. The molecular weight excluding hydrogens is 334 g/mol. The maximum absolute atomic E-state index is 11.5. The summed E-state index contributed by atoms with van der Waals surface area (Å²) < 4.78 is 10.9. The predicted octanol–water partition coefficient (Wildman–Crippen LogP) is 5.05. The number of thioether (sulfide) groups is 1. The molecule has 0 atom stereocenters. The van der Waals surface area contributed by atoms with E-state index in [0.717, 1.165) is 22.6 Å². The first-order valence-electron chi connectivity index (χ1n) is 8.18. The van der Waals surface area contributed by atoms with Crippen LogP contribution in [0.5, 0.6) is 0 Å². The summed E-state index contributed by atoms with van der Waals surface area (Å²) in [5.41, 5.74) is 2.79. The first kappa shape index (κ1) is 17.3. The van der Waals surface area contributed by atoms with Crippen LogP contribution >= 0.6 is 11.8 Å². The molecule has 0 saturated carbocycles. The zero-order valence-electron chi connectivity index (χ0n) is 14.0. The van der Waals surface area contributed by atoms with Gasteiger partial charge in [0.2, 0.25) is 0 Å². The molecule has 3 rings (SSSR count). The van der Waals surface area contributed by atoms with E-state index in [-0.39, 0.29) is 5.97 Å². The van der Waals surface area contributed by atoms with Gasteiger partial charge >= 0.3 is 5.97 Å². The monoisotopic (exact) mass is 353 g/mol. The molecule has 0 amide bonds. The van der Waals surface area contributed by atoms with Crippen molar-refractivity contribution in [2.75, 3.05) is 12.4 Å². The zero-order chi connectivity index (χ0) is 17.5. The first-order valence-corrected chi connectivity index (χ1v) is 9.16. The van der Waals surface area contributed by atoms with E-state index in [1.54, 1.807) is 6.92 Å². The van der Waals surface area contributed by atoms with E-state index in [2.05, 4.69) is 4.98 Å². The summed E-state index contributed by atoms with van der Waals surface area (Å²) in [4.78, 5) is 16.1.